The van der Waals surface area contributed by atoms with Gasteiger partial charge in [-0.1, -0.05) is 0 Å². The summed E-state index contributed by atoms with van der Waals surface area (Å²) in [4.78, 5) is 16.5. The van der Waals surface area contributed by atoms with E-state index >= 15 is 0 Å². The molecule has 1 unspecified atom stereocenters. The Hall–Kier alpha value is -3.37. The highest BCUT2D eigenvalue weighted by Gasteiger charge is 2.23. The van der Waals surface area contributed by atoms with Crippen molar-refractivity contribution >= 4 is 29.4 Å². The molecular formula is C25H33FN6O3. The standard InChI is InChI=1S/C25H33FN6O3/c1-27-10-13-35-20-14-21(26)23-22(15-20)29-16-30-24(23)31-18-2-4-19(5-3-18)32-25(33)28-9-6-17-7-11-34-12-8-17/h2-5,14-17,24,27,31H,6-13H2,1H3,(H,29,30)(H2,28,32,33). The molecule has 2 aromatic carbocycles. The molecule has 5 N–H and O–H groups in total. The zero-order valence-corrected chi connectivity index (χ0v) is 19.9. The van der Waals surface area contributed by atoms with E-state index in [2.05, 4.69) is 31.6 Å². The number of urea groups is 1. The molecular weight excluding hydrogens is 451 g/mol. The van der Waals surface area contributed by atoms with Crippen molar-refractivity contribution in [3.8, 4) is 5.75 Å². The molecule has 0 aliphatic carbocycles. The second-order valence-electron chi connectivity index (χ2n) is 8.59. The fraction of sp³-hybridized carbons (Fsp3) is 0.440. The predicted molar refractivity (Wildman–Crippen MR) is 136 cm³/mol. The third-order valence-corrected chi connectivity index (χ3v) is 6.07. The first kappa shape index (κ1) is 24.7. The number of hydrogen-bond acceptors (Lipinski definition) is 7. The molecule has 1 saturated heterocycles. The Bertz CT molecular complexity index is 1010. The van der Waals surface area contributed by atoms with E-state index < -0.39 is 12.0 Å². The number of fused-ring (bicyclic) bond motifs is 1. The molecule has 0 spiro atoms. The zero-order valence-electron chi connectivity index (χ0n) is 19.9. The molecule has 0 aromatic heterocycles. The van der Waals surface area contributed by atoms with Gasteiger partial charge in [0.15, 0.2) is 6.17 Å². The highest BCUT2D eigenvalue weighted by atomic mass is 19.1. The summed E-state index contributed by atoms with van der Waals surface area (Å²) in [5, 5.41) is 15.0. The van der Waals surface area contributed by atoms with Crippen LogP contribution in [0.2, 0.25) is 0 Å². The summed E-state index contributed by atoms with van der Waals surface area (Å²) in [6.45, 7) is 3.37. The summed E-state index contributed by atoms with van der Waals surface area (Å²) < 4.78 is 25.9. The third kappa shape index (κ3) is 7.06. The number of anilines is 3. The Morgan fingerprint density at radius 1 is 1.17 bits per heavy atom. The van der Waals surface area contributed by atoms with E-state index in [9.17, 15) is 9.18 Å². The first-order valence-electron chi connectivity index (χ1n) is 12.0. The van der Waals surface area contributed by atoms with Crippen LogP contribution >= 0.6 is 0 Å². The molecule has 10 heteroatoms. The minimum atomic E-state index is -0.593. The smallest absolute Gasteiger partial charge is 0.319 e. The van der Waals surface area contributed by atoms with Crippen LogP contribution in [-0.2, 0) is 4.74 Å². The van der Waals surface area contributed by atoms with Crippen molar-refractivity contribution in [2.45, 2.75) is 25.4 Å². The number of aliphatic imine (C=N–C) groups is 1. The van der Waals surface area contributed by atoms with Crippen molar-refractivity contribution in [1.29, 1.82) is 0 Å². The fourth-order valence-electron chi connectivity index (χ4n) is 4.12. The molecule has 0 radical (unpaired) electrons. The Labute approximate surface area is 204 Å². The van der Waals surface area contributed by atoms with Crippen LogP contribution < -0.4 is 31.3 Å². The first-order valence-corrected chi connectivity index (χ1v) is 12.0. The van der Waals surface area contributed by atoms with Crippen molar-refractivity contribution in [1.82, 2.24) is 10.6 Å². The van der Waals surface area contributed by atoms with E-state index in [0.29, 0.717) is 48.3 Å². The van der Waals surface area contributed by atoms with Crippen LogP contribution in [0.5, 0.6) is 5.75 Å². The average molecular weight is 485 g/mol. The van der Waals surface area contributed by atoms with Gasteiger partial charge >= 0.3 is 6.03 Å². The molecule has 188 valence electrons. The van der Waals surface area contributed by atoms with E-state index in [-0.39, 0.29) is 6.03 Å². The number of nitrogens with one attached hydrogen (secondary N) is 5. The molecule has 2 aliphatic heterocycles. The Morgan fingerprint density at radius 3 is 2.71 bits per heavy atom. The van der Waals surface area contributed by atoms with Crippen molar-refractivity contribution in [2.75, 3.05) is 55.9 Å². The number of nitrogens with zero attached hydrogens (tertiary/aromatic N) is 1. The number of ether oxygens (including phenoxy) is 2. The Kier molecular flexibility index (Phi) is 8.74. The second kappa shape index (κ2) is 12.4. The minimum Gasteiger partial charge on any atom is -0.492 e. The maximum Gasteiger partial charge on any atom is 0.319 e. The fourth-order valence-corrected chi connectivity index (χ4v) is 4.12. The highest BCUT2D eigenvalue weighted by Crippen LogP contribution is 2.35. The maximum atomic E-state index is 14.9. The van der Waals surface area contributed by atoms with Crippen molar-refractivity contribution in [3.05, 3.63) is 47.8 Å². The van der Waals surface area contributed by atoms with Crippen LogP contribution in [0.1, 0.15) is 31.0 Å². The highest BCUT2D eigenvalue weighted by molar-refractivity contribution is 5.89. The monoisotopic (exact) mass is 484 g/mol. The lowest BCUT2D eigenvalue weighted by Crippen LogP contribution is -2.31. The van der Waals surface area contributed by atoms with Crippen LogP contribution in [0.3, 0.4) is 0 Å². The number of rotatable bonds is 10. The largest absolute Gasteiger partial charge is 0.492 e. The Morgan fingerprint density at radius 2 is 1.94 bits per heavy atom. The molecule has 2 aliphatic rings. The zero-order chi connectivity index (χ0) is 24.5. The molecule has 1 atom stereocenters. The molecule has 2 amide bonds. The van der Waals surface area contributed by atoms with Gasteiger partial charge in [0.25, 0.3) is 0 Å². The van der Waals surface area contributed by atoms with E-state index in [1.807, 2.05) is 19.2 Å². The van der Waals surface area contributed by atoms with E-state index in [1.54, 1.807) is 18.2 Å². The summed E-state index contributed by atoms with van der Waals surface area (Å²) >= 11 is 0. The van der Waals surface area contributed by atoms with Crippen LogP contribution in [0, 0.1) is 11.7 Å². The molecule has 0 bridgehead atoms. The van der Waals surface area contributed by atoms with Gasteiger partial charge in [-0.05, 0) is 56.5 Å². The summed E-state index contributed by atoms with van der Waals surface area (Å²) in [6.07, 6.45) is 4.01. The van der Waals surface area contributed by atoms with Crippen LogP contribution in [-0.4, -0.2) is 52.3 Å². The van der Waals surface area contributed by atoms with Crippen molar-refractivity contribution < 1.29 is 18.7 Å². The van der Waals surface area contributed by atoms with Gasteiger partial charge < -0.3 is 36.1 Å². The van der Waals surface area contributed by atoms with Gasteiger partial charge in [-0.25, -0.2) is 14.2 Å². The number of halogens is 1. The molecule has 4 rings (SSSR count). The third-order valence-electron chi connectivity index (χ3n) is 6.07. The quantitative estimate of drug-likeness (QED) is 0.327. The number of carbonyl (C=O) groups is 1. The topological polar surface area (TPSA) is 108 Å². The SMILES string of the molecule is CNCCOc1cc(F)c2c(c1)NC=NC2Nc1ccc(NC(=O)NCCC2CCOCC2)cc1. The van der Waals surface area contributed by atoms with Gasteiger partial charge in [-0.2, -0.15) is 0 Å². The molecule has 2 aromatic rings. The van der Waals surface area contributed by atoms with Crippen LogP contribution in [0.25, 0.3) is 0 Å². The molecule has 9 nitrogen and oxygen atoms in total. The molecule has 35 heavy (non-hydrogen) atoms. The van der Waals surface area contributed by atoms with Gasteiger partial charge in [-0.3, -0.25) is 0 Å². The summed E-state index contributed by atoms with van der Waals surface area (Å²) in [5.41, 5.74) is 2.44. The van der Waals surface area contributed by atoms with Gasteiger partial charge in [-0.15, -0.1) is 0 Å². The van der Waals surface area contributed by atoms with E-state index in [1.165, 1.54) is 12.4 Å². The van der Waals surface area contributed by atoms with Gasteiger partial charge in [0, 0.05) is 49.8 Å². The molecule has 0 saturated carbocycles. The first-order chi connectivity index (χ1) is 17.1. The second-order valence-corrected chi connectivity index (χ2v) is 8.59. The number of carbonyl (C=O) groups excluding carboxylic acids is 1. The predicted octanol–water partition coefficient (Wildman–Crippen LogP) is 3.93. The number of amides is 2. The summed E-state index contributed by atoms with van der Waals surface area (Å²) in [7, 11) is 1.83. The maximum absolute atomic E-state index is 14.9. The average Bonchev–Trinajstić information content (AvgIpc) is 2.86. The number of benzene rings is 2. The van der Waals surface area contributed by atoms with Gasteiger partial charge in [0.2, 0.25) is 0 Å². The normalized spacial score (nSPS) is 17.3. The van der Waals surface area contributed by atoms with Gasteiger partial charge in [0.05, 0.1) is 17.6 Å². The minimum absolute atomic E-state index is 0.232. The van der Waals surface area contributed by atoms with E-state index in [4.69, 9.17) is 9.47 Å². The van der Waals surface area contributed by atoms with Crippen LogP contribution in [0.4, 0.5) is 26.2 Å². The van der Waals surface area contributed by atoms with Gasteiger partial charge in [0.1, 0.15) is 18.2 Å². The van der Waals surface area contributed by atoms with Crippen LogP contribution in [0.15, 0.2) is 41.4 Å². The number of hydrogen-bond donors (Lipinski definition) is 5. The summed E-state index contributed by atoms with van der Waals surface area (Å²) in [6, 6.07) is 10.1. The van der Waals surface area contributed by atoms with E-state index in [0.717, 1.165) is 38.2 Å². The summed E-state index contributed by atoms with van der Waals surface area (Å²) in [5.74, 6) is 0.665. The lowest BCUT2D eigenvalue weighted by Gasteiger charge is -2.24. The Balaban J connectivity index is 1.29. The lowest BCUT2D eigenvalue weighted by atomic mass is 9.97. The number of likely N-dealkylation sites (N-methyl/N-ethyl adjacent to an activating group) is 1. The molecule has 1 fully saturated rings. The van der Waals surface area contributed by atoms with Crippen molar-refractivity contribution in [3.63, 3.8) is 0 Å². The van der Waals surface area contributed by atoms with Crippen molar-refractivity contribution in [2.24, 2.45) is 10.9 Å². The molecule has 2 heterocycles. The lowest BCUT2D eigenvalue weighted by molar-refractivity contribution is 0.0642.